The third-order valence-electron chi connectivity index (χ3n) is 5.14. The van der Waals surface area contributed by atoms with Gasteiger partial charge >= 0.3 is 0 Å². The summed E-state index contributed by atoms with van der Waals surface area (Å²) in [5.74, 6) is 0. The molecule has 32 heavy (non-hydrogen) atoms. The van der Waals surface area contributed by atoms with Gasteiger partial charge in [-0.3, -0.25) is 14.6 Å². The van der Waals surface area contributed by atoms with Gasteiger partial charge < -0.3 is 0 Å². The summed E-state index contributed by atoms with van der Waals surface area (Å²) < 4.78 is 1.66. The molecule has 168 valence electrons. The first kappa shape index (κ1) is 23.3. The lowest BCUT2D eigenvalue weighted by molar-refractivity contribution is 0.506. The highest BCUT2D eigenvalue weighted by Crippen LogP contribution is 2.30. The SMILES string of the molecule is CCCCCn1[nH]c(C(C)(C)C)c(N=Nc2ccc(N=Nc3ccccc3)c(C)c2)c1=O. The summed E-state index contributed by atoms with van der Waals surface area (Å²) in [6.45, 7) is 10.9. The van der Waals surface area contributed by atoms with E-state index in [-0.39, 0.29) is 11.0 Å². The quantitative estimate of drug-likeness (QED) is 0.285. The Morgan fingerprint density at radius 1 is 0.906 bits per heavy atom. The number of nitrogens with zero attached hydrogens (tertiary/aromatic N) is 5. The number of unbranched alkanes of at least 4 members (excludes halogenated alkanes) is 2. The third-order valence-corrected chi connectivity index (χ3v) is 5.14. The highest BCUT2D eigenvalue weighted by molar-refractivity contribution is 5.54. The van der Waals surface area contributed by atoms with Gasteiger partial charge in [0.1, 0.15) is 0 Å². The molecule has 0 aliphatic rings. The lowest BCUT2D eigenvalue weighted by atomic mass is 9.91. The van der Waals surface area contributed by atoms with Gasteiger partial charge in [0, 0.05) is 12.0 Å². The Kier molecular flexibility index (Phi) is 7.51. The van der Waals surface area contributed by atoms with Crippen LogP contribution in [0, 0.1) is 6.92 Å². The van der Waals surface area contributed by atoms with Crippen molar-refractivity contribution in [2.75, 3.05) is 0 Å². The highest BCUT2D eigenvalue weighted by atomic mass is 16.1. The van der Waals surface area contributed by atoms with Crippen LogP contribution in [0.25, 0.3) is 0 Å². The van der Waals surface area contributed by atoms with Crippen LogP contribution in [0.1, 0.15) is 58.2 Å². The molecule has 2 aromatic carbocycles. The van der Waals surface area contributed by atoms with Gasteiger partial charge in [-0.2, -0.15) is 15.3 Å². The molecule has 0 spiro atoms. The summed E-state index contributed by atoms with van der Waals surface area (Å²) >= 11 is 0. The average molecular weight is 433 g/mol. The first-order valence-corrected chi connectivity index (χ1v) is 11.1. The second kappa shape index (κ2) is 10.3. The predicted octanol–water partition coefficient (Wildman–Crippen LogP) is 7.80. The van der Waals surface area contributed by atoms with E-state index in [0.29, 0.717) is 17.9 Å². The number of aromatic nitrogens is 2. The molecule has 0 bridgehead atoms. The molecule has 7 nitrogen and oxygen atoms in total. The smallest absolute Gasteiger partial charge is 0.294 e. The molecule has 3 aromatic rings. The molecule has 3 rings (SSSR count). The number of benzene rings is 2. The number of H-pyrrole nitrogens is 1. The number of aryl methyl sites for hydroxylation is 2. The third kappa shape index (κ3) is 5.87. The van der Waals surface area contributed by atoms with Gasteiger partial charge in [-0.15, -0.1) is 5.11 Å². The standard InChI is InChI=1S/C25H32N6O/c1-6-7-11-16-31-24(32)22(23(30-31)25(3,4)5)29-27-20-14-15-21(18(2)17-20)28-26-19-12-9-8-10-13-19/h8-10,12-15,17,30H,6-7,11,16H2,1-5H3. The van der Waals surface area contributed by atoms with E-state index in [9.17, 15) is 4.79 Å². The maximum atomic E-state index is 12.9. The van der Waals surface area contributed by atoms with Crippen LogP contribution in [-0.4, -0.2) is 9.78 Å². The lowest BCUT2D eigenvalue weighted by Gasteiger charge is -2.16. The van der Waals surface area contributed by atoms with Crippen molar-refractivity contribution in [1.82, 2.24) is 9.78 Å². The number of hydrogen-bond donors (Lipinski definition) is 1. The Balaban J connectivity index is 1.84. The Labute approximate surface area is 189 Å². The fourth-order valence-electron chi connectivity index (χ4n) is 3.29. The van der Waals surface area contributed by atoms with Crippen LogP contribution >= 0.6 is 0 Å². The monoisotopic (exact) mass is 432 g/mol. The Morgan fingerprint density at radius 3 is 2.28 bits per heavy atom. The average Bonchev–Trinajstić information content (AvgIpc) is 3.08. The molecule has 1 N–H and O–H groups in total. The van der Waals surface area contributed by atoms with Gasteiger partial charge in [0.15, 0.2) is 5.69 Å². The summed E-state index contributed by atoms with van der Waals surface area (Å²) in [4.78, 5) is 12.9. The number of azo groups is 2. The van der Waals surface area contributed by atoms with Crippen LogP contribution in [0.2, 0.25) is 0 Å². The summed E-state index contributed by atoms with van der Waals surface area (Å²) in [5.41, 5.74) is 3.96. The van der Waals surface area contributed by atoms with Gasteiger partial charge in [-0.05, 0) is 49.2 Å². The lowest BCUT2D eigenvalue weighted by Crippen LogP contribution is -2.16. The van der Waals surface area contributed by atoms with Crippen molar-refractivity contribution >= 4 is 22.7 Å². The maximum Gasteiger partial charge on any atom is 0.294 e. The van der Waals surface area contributed by atoms with Crippen LogP contribution in [0.3, 0.4) is 0 Å². The molecule has 0 saturated carbocycles. The van der Waals surface area contributed by atoms with Crippen molar-refractivity contribution in [2.45, 2.75) is 65.8 Å². The Bertz CT molecular complexity index is 1150. The van der Waals surface area contributed by atoms with Gasteiger partial charge in [0.25, 0.3) is 5.56 Å². The normalized spacial score (nSPS) is 12.3. The van der Waals surface area contributed by atoms with Crippen molar-refractivity contribution in [2.24, 2.45) is 20.5 Å². The minimum atomic E-state index is -0.249. The van der Waals surface area contributed by atoms with E-state index in [1.165, 1.54) is 0 Å². The van der Waals surface area contributed by atoms with E-state index in [1.807, 2.05) is 55.5 Å². The van der Waals surface area contributed by atoms with Crippen LogP contribution in [-0.2, 0) is 12.0 Å². The van der Waals surface area contributed by atoms with E-state index in [0.717, 1.165) is 41.9 Å². The van der Waals surface area contributed by atoms with E-state index < -0.39 is 0 Å². The summed E-state index contributed by atoms with van der Waals surface area (Å²) in [6, 6.07) is 15.2. The Morgan fingerprint density at radius 2 is 1.62 bits per heavy atom. The molecule has 0 radical (unpaired) electrons. The van der Waals surface area contributed by atoms with Crippen LogP contribution in [0.4, 0.5) is 22.7 Å². The zero-order valence-corrected chi connectivity index (χ0v) is 19.6. The van der Waals surface area contributed by atoms with Crippen molar-refractivity contribution < 1.29 is 0 Å². The molecule has 0 aliphatic carbocycles. The van der Waals surface area contributed by atoms with E-state index in [1.54, 1.807) is 4.68 Å². The fourth-order valence-corrected chi connectivity index (χ4v) is 3.29. The van der Waals surface area contributed by atoms with Gasteiger partial charge in [0.2, 0.25) is 0 Å². The molecule has 0 amide bonds. The molecule has 1 heterocycles. The van der Waals surface area contributed by atoms with E-state index >= 15 is 0 Å². The summed E-state index contributed by atoms with van der Waals surface area (Å²) in [6.07, 6.45) is 3.14. The van der Waals surface area contributed by atoms with Crippen molar-refractivity contribution in [3.63, 3.8) is 0 Å². The first-order chi connectivity index (χ1) is 15.3. The fraction of sp³-hybridized carbons (Fsp3) is 0.400. The molecule has 0 atom stereocenters. The van der Waals surface area contributed by atoms with Crippen LogP contribution in [0.5, 0.6) is 0 Å². The van der Waals surface area contributed by atoms with Crippen molar-refractivity contribution in [3.8, 4) is 0 Å². The van der Waals surface area contributed by atoms with E-state index in [4.69, 9.17) is 0 Å². The molecule has 0 saturated heterocycles. The number of nitrogens with one attached hydrogen (secondary N) is 1. The van der Waals surface area contributed by atoms with Gasteiger partial charge in [-0.1, -0.05) is 58.7 Å². The largest absolute Gasteiger partial charge is 0.297 e. The maximum absolute atomic E-state index is 12.9. The number of hydrogen-bond acceptors (Lipinski definition) is 5. The number of aromatic amines is 1. The molecular weight excluding hydrogens is 400 g/mol. The minimum Gasteiger partial charge on any atom is -0.297 e. The molecule has 0 fully saturated rings. The first-order valence-electron chi connectivity index (χ1n) is 11.1. The molecule has 7 heteroatoms. The molecule has 0 aliphatic heterocycles. The van der Waals surface area contributed by atoms with Crippen molar-refractivity contribution in [1.29, 1.82) is 0 Å². The van der Waals surface area contributed by atoms with Gasteiger partial charge in [0.05, 0.1) is 22.8 Å². The van der Waals surface area contributed by atoms with Crippen LogP contribution < -0.4 is 5.56 Å². The van der Waals surface area contributed by atoms with Crippen molar-refractivity contribution in [3.05, 3.63) is 70.1 Å². The molecule has 1 aromatic heterocycles. The second-order valence-electron chi connectivity index (χ2n) is 8.96. The summed E-state index contributed by atoms with van der Waals surface area (Å²) in [5, 5.41) is 20.6. The second-order valence-corrected chi connectivity index (χ2v) is 8.96. The zero-order valence-electron chi connectivity index (χ0n) is 19.6. The Hall–Kier alpha value is -3.35. The number of rotatable bonds is 8. The topological polar surface area (TPSA) is 87.2 Å². The molecule has 0 unspecified atom stereocenters. The zero-order chi connectivity index (χ0) is 23.1. The highest BCUT2D eigenvalue weighted by Gasteiger charge is 2.24. The van der Waals surface area contributed by atoms with Gasteiger partial charge in [-0.25, -0.2) is 0 Å². The predicted molar refractivity (Wildman–Crippen MR) is 129 cm³/mol. The van der Waals surface area contributed by atoms with E-state index in [2.05, 4.69) is 53.3 Å². The van der Waals surface area contributed by atoms with Crippen LogP contribution in [0.15, 0.2) is 73.8 Å². The molecular formula is C25H32N6O. The minimum absolute atomic E-state index is 0.125. The summed E-state index contributed by atoms with van der Waals surface area (Å²) in [7, 11) is 0.